The molecule has 3 nitrogen and oxygen atoms in total. The molecular weight excluding hydrogens is 671 g/mol. The van der Waals surface area contributed by atoms with Crippen LogP contribution in [0.5, 0.6) is 0 Å². The zero-order valence-electron chi connectivity index (χ0n) is 30.0. The lowest BCUT2D eigenvalue weighted by Gasteiger charge is -2.20. The van der Waals surface area contributed by atoms with Crippen LogP contribution in [0.25, 0.3) is 77.9 Å². The van der Waals surface area contributed by atoms with E-state index in [0.29, 0.717) is 11.8 Å². The molecule has 2 aromatic heterocycles. The van der Waals surface area contributed by atoms with Crippen molar-refractivity contribution < 1.29 is 8.83 Å². The van der Waals surface area contributed by atoms with Gasteiger partial charge in [-0.3, -0.25) is 0 Å². The number of benzene rings is 8. The maximum Gasteiger partial charge on any atom is 0.227 e. The van der Waals surface area contributed by atoms with E-state index in [1.165, 1.54) is 38.9 Å². The Morgan fingerprint density at radius 1 is 0.455 bits per heavy atom. The van der Waals surface area contributed by atoms with E-state index < -0.39 is 0 Å². The average molecular weight is 706 g/mol. The summed E-state index contributed by atoms with van der Waals surface area (Å²) in [6.07, 6.45) is 1.06. The number of aromatic nitrogens is 1. The maximum absolute atomic E-state index is 6.60. The van der Waals surface area contributed by atoms with Crippen molar-refractivity contribution >= 4 is 33.0 Å². The molecule has 55 heavy (non-hydrogen) atoms. The first kappa shape index (κ1) is 31.5. The van der Waals surface area contributed by atoms with Crippen LogP contribution in [0.2, 0.25) is 0 Å². The summed E-state index contributed by atoms with van der Waals surface area (Å²) in [5, 5.41) is 1.98. The van der Waals surface area contributed by atoms with Crippen molar-refractivity contribution in [2.24, 2.45) is 0 Å². The Kier molecular flexibility index (Phi) is 7.21. The third-order valence-electron chi connectivity index (χ3n) is 11.6. The van der Waals surface area contributed by atoms with Gasteiger partial charge in [-0.15, -0.1) is 0 Å². The third-order valence-corrected chi connectivity index (χ3v) is 11.6. The van der Waals surface area contributed by atoms with Crippen LogP contribution in [-0.4, -0.2) is 4.98 Å². The molecule has 2 atom stereocenters. The van der Waals surface area contributed by atoms with Crippen LogP contribution in [0.15, 0.2) is 203 Å². The molecule has 0 aliphatic heterocycles. The predicted molar refractivity (Wildman–Crippen MR) is 224 cm³/mol. The molecule has 1 saturated carbocycles. The van der Waals surface area contributed by atoms with Gasteiger partial charge in [-0.05, 0) is 87.2 Å². The van der Waals surface area contributed by atoms with Gasteiger partial charge in [0, 0.05) is 21.9 Å². The van der Waals surface area contributed by atoms with Crippen LogP contribution >= 0.6 is 0 Å². The van der Waals surface area contributed by atoms with E-state index in [-0.39, 0.29) is 5.41 Å². The number of fused-ring (bicyclic) bond motifs is 5. The summed E-state index contributed by atoms with van der Waals surface area (Å²) in [6.45, 7) is 0. The predicted octanol–water partition coefficient (Wildman–Crippen LogP) is 13.9. The Balaban J connectivity index is 0.968. The van der Waals surface area contributed by atoms with Crippen LogP contribution in [0.3, 0.4) is 0 Å². The van der Waals surface area contributed by atoms with Crippen molar-refractivity contribution in [2.75, 3.05) is 0 Å². The van der Waals surface area contributed by atoms with Gasteiger partial charge in [-0.2, -0.15) is 0 Å². The zero-order valence-corrected chi connectivity index (χ0v) is 30.0. The molecule has 1 aliphatic rings. The van der Waals surface area contributed by atoms with Gasteiger partial charge in [0.2, 0.25) is 5.89 Å². The fourth-order valence-corrected chi connectivity index (χ4v) is 8.76. The van der Waals surface area contributed by atoms with Gasteiger partial charge in [-0.1, -0.05) is 164 Å². The Morgan fingerprint density at radius 2 is 1.04 bits per heavy atom. The van der Waals surface area contributed by atoms with Crippen LogP contribution in [0.1, 0.15) is 29.0 Å². The van der Waals surface area contributed by atoms with Crippen molar-refractivity contribution in [3.05, 3.63) is 211 Å². The summed E-state index contributed by atoms with van der Waals surface area (Å²) in [4.78, 5) is 4.99. The summed E-state index contributed by atoms with van der Waals surface area (Å²) in [6, 6.07) is 69.2. The highest BCUT2D eigenvalue weighted by molar-refractivity contribution is 6.20. The van der Waals surface area contributed by atoms with Gasteiger partial charge in [0.1, 0.15) is 16.7 Å². The molecule has 10 aromatic rings. The van der Waals surface area contributed by atoms with E-state index in [1.807, 2.05) is 48.5 Å². The molecule has 3 heteroatoms. The number of oxazole rings is 1. The molecule has 1 aliphatic carbocycles. The lowest BCUT2D eigenvalue weighted by molar-refractivity contribution is 0.622. The van der Waals surface area contributed by atoms with E-state index >= 15 is 0 Å². The molecule has 260 valence electrons. The zero-order chi connectivity index (χ0) is 36.3. The minimum Gasteiger partial charge on any atom is -0.455 e. The highest BCUT2D eigenvalue weighted by Gasteiger charge is 2.56. The van der Waals surface area contributed by atoms with Gasteiger partial charge in [0.15, 0.2) is 5.58 Å². The molecule has 1 fully saturated rings. The second-order valence-corrected chi connectivity index (χ2v) is 14.7. The summed E-state index contributed by atoms with van der Waals surface area (Å²) in [7, 11) is 0. The quantitative estimate of drug-likeness (QED) is 0.166. The van der Waals surface area contributed by atoms with Gasteiger partial charge in [-0.25, -0.2) is 4.98 Å². The standard InChI is InChI=1S/C52H35NO2/c1-4-13-34(14-5-1)39-17-12-18-40(31-39)35-23-25-37(26-24-35)45-33-52(45,41-19-8-3-9-20-41)42-29-27-36(28-30-42)44-32-46-50(55-51(53-46)38-15-6-2-7-16-38)48-43-21-10-11-22-47(43)54-49(44)48/h1-32,45H,33H2/t45?,52-/m1/s1. The van der Waals surface area contributed by atoms with Crippen molar-refractivity contribution in [3.8, 4) is 44.8 Å². The van der Waals surface area contributed by atoms with Crippen molar-refractivity contribution in [3.63, 3.8) is 0 Å². The molecule has 0 spiro atoms. The molecule has 8 aromatic carbocycles. The fraction of sp³-hybridized carbons (Fsp3) is 0.0577. The smallest absolute Gasteiger partial charge is 0.227 e. The Bertz CT molecular complexity index is 2980. The number of rotatable bonds is 7. The second kappa shape index (κ2) is 12.6. The van der Waals surface area contributed by atoms with Gasteiger partial charge in [0.25, 0.3) is 0 Å². The molecule has 0 radical (unpaired) electrons. The van der Waals surface area contributed by atoms with Crippen LogP contribution < -0.4 is 0 Å². The molecule has 1 unspecified atom stereocenters. The molecule has 0 N–H and O–H groups in total. The number of para-hydroxylation sites is 1. The first-order chi connectivity index (χ1) is 27.2. The molecule has 0 amide bonds. The average Bonchev–Trinajstić information content (AvgIpc) is 3.69. The SMILES string of the molecule is c1ccc(-c2cccc(-c3ccc(C4C[C@@]4(c4ccccc4)c4ccc(-c5cc6nc(-c7ccccc7)oc6c6c5oc5ccccc56)cc4)cc3)c2)cc1. The number of hydrogen-bond acceptors (Lipinski definition) is 3. The first-order valence-corrected chi connectivity index (χ1v) is 19.0. The Labute approximate surface area is 319 Å². The highest BCUT2D eigenvalue weighted by atomic mass is 16.4. The number of furan rings is 1. The van der Waals surface area contributed by atoms with E-state index in [4.69, 9.17) is 13.8 Å². The summed E-state index contributed by atoms with van der Waals surface area (Å²) < 4.78 is 13.1. The molecule has 0 bridgehead atoms. The lowest BCUT2D eigenvalue weighted by atomic mass is 9.83. The van der Waals surface area contributed by atoms with E-state index in [0.717, 1.165) is 56.1 Å². The highest BCUT2D eigenvalue weighted by Crippen LogP contribution is 2.64. The van der Waals surface area contributed by atoms with E-state index in [2.05, 4.69) is 146 Å². The topological polar surface area (TPSA) is 39.2 Å². The largest absolute Gasteiger partial charge is 0.455 e. The Hall–Kier alpha value is -6.97. The van der Waals surface area contributed by atoms with Crippen LogP contribution in [0.4, 0.5) is 0 Å². The van der Waals surface area contributed by atoms with Crippen LogP contribution in [0, 0.1) is 0 Å². The van der Waals surface area contributed by atoms with Gasteiger partial charge >= 0.3 is 0 Å². The van der Waals surface area contributed by atoms with E-state index in [1.54, 1.807) is 0 Å². The molecule has 2 heterocycles. The molecule has 0 saturated heterocycles. The van der Waals surface area contributed by atoms with Crippen molar-refractivity contribution in [1.29, 1.82) is 0 Å². The van der Waals surface area contributed by atoms with Crippen LogP contribution in [-0.2, 0) is 5.41 Å². The normalized spacial score (nSPS) is 16.5. The van der Waals surface area contributed by atoms with Crippen molar-refractivity contribution in [2.45, 2.75) is 17.8 Å². The minimum atomic E-state index is -0.107. The molecular formula is C52H35NO2. The molecule has 11 rings (SSSR count). The summed E-state index contributed by atoms with van der Waals surface area (Å²) in [5.74, 6) is 0.975. The second-order valence-electron chi connectivity index (χ2n) is 14.7. The lowest BCUT2D eigenvalue weighted by Crippen LogP contribution is -2.11. The maximum atomic E-state index is 6.60. The summed E-state index contributed by atoms with van der Waals surface area (Å²) >= 11 is 0. The number of hydrogen-bond donors (Lipinski definition) is 0. The first-order valence-electron chi connectivity index (χ1n) is 19.0. The minimum absolute atomic E-state index is 0.107. The van der Waals surface area contributed by atoms with E-state index in [9.17, 15) is 0 Å². The summed E-state index contributed by atoms with van der Waals surface area (Å²) in [5.41, 5.74) is 15.1. The monoisotopic (exact) mass is 705 g/mol. The van der Waals surface area contributed by atoms with Gasteiger partial charge in [0.05, 0.1) is 5.39 Å². The van der Waals surface area contributed by atoms with Crippen molar-refractivity contribution in [1.82, 2.24) is 4.98 Å². The fourth-order valence-electron chi connectivity index (χ4n) is 8.76. The van der Waals surface area contributed by atoms with Gasteiger partial charge < -0.3 is 8.83 Å². The number of nitrogens with zero attached hydrogens (tertiary/aromatic N) is 1. The Morgan fingerprint density at radius 3 is 1.76 bits per heavy atom. The third kappa shape index (κ3) is 5.23.